The molecule has 0 amide bonds. The van der Waals surface area contributed by atoms with Crippen LogP contribution in [0.2, 0.25) is 0 Å². The van der Waals surface area contributed by atoms with Crippen LogP contribution in [0.5, 0.6) is 0 Å². The number of nitrogens with zero attached hydrogens (tertiary/aromatic N) is 2. The molecule has 102 valence electrons. The van der Waals surface area contributed by atoms with Crippen LogP contribution >= 0.6 is 0 Å². The van der Waals surface area contributed by atoms with E-state index < -0.39 is 11.6 Å². The van der Waals surface area contributed by atoms with Crippen LogP contribution in [0, 0.1) is 29.9 Å². The Morgan fingerprint density at radius 1 is 1.20 bits per heavy atom. The van der Waals surface area contributed by atoms with Gasteiger partial charge in [-0.15, -0.1) is 0 Å². The van der Waals surface area contributed by atoms with E-state index in [4.69, 9.17) is 5.26 Å². The minimum atomic E-state index is -0.716. The number of benzene rings is 1. The van der Waals surface area contributed by atoms with Crippen molar-refractivity contribution < 1.29 is 8.78 Å². The lowest BCUT2D eigenvalue weighted by Gasteiger charge is -2.08. The van der Waals surface area contributed by atoms with Crippen molar-refractivity contribution >= 4 is 0 Å². The maximum Gasteiger partial charge on any atom is 0.131 e. The molecule has 1 heterocycles. The van der Waals surface area contributed by atoms with Gasteiger partial charge in [0.15, 0.2) is 0 Å². The van der Waals surface area contributed by atoms with Gasteiger partial charge in [-0.2, -0.15) is 5.26 Å². The predicted octanol–water partition coefficient (Wildman–Crippen LogP) is 2.83. The van der Waals surface area contributed by atoms with Crippen LogP contribution in [0.4, 0.5) is 8.78 Å². The molecule has 5 heteroatoms. The summed E-state index contributed by atoms with van der Waals surface area (Å²) < 4.78 is 27.3. The summed E-state index contributed by atoms with van der Waals surface area (Å²) in [5.74, 6) is -1.43. The number of rotatable bonds is 4. The third kappa shape index (κ3) is 3.37. The van der Waals surface area contributed by atoms with Gasteiger partial charge in [0.2, 0.25) is 0 Å². The molecule has 0 bridgehead atoms. The van der Waals surface area contributed by atoms with Crippen molar-refractivity contribution in [1.29, 1.82) is 5.26 Å². The van der Waals surface area contributed by atoms with E-state index in [1.54, 1.807) is 6.07 Å². The molecule has 1 N–H and O–H groups in total. The number of aromatic nitrogens is 1. The zero-order chi connectivity index (χ0) is 14.5. The fourth-order valence-electron chi connectivity index (χ4n) is 1.85. The quantitative estimate of drug-likeness (QED) is 0.931. The maximum absolute atomic E-state index is 13.6. The standard InChI is InChI=1S/C15H13F2N3/c1-10-3-2-4-12(20-10)8-19-9-13-14(16)5-11(7-18)6-15(13)17/h2-6,19H,8-9H2,1H3. The predicted molar refractivity (Wildman–Crippen MR) is 70.6 cm³/mol. The van der Waals surface area contributed by atoms with E-state index >= 15 is 0 Å². The number of hydrogen-bond donors (Lipinski definition) is 1. The van der Waals surface area contributed by atoms with Crippen molar-refractivity contribution in [2.45, 2.75) is 20.0 Å². The van der Waals surface area contributed by atoms with Gasteiger partial charge in [0.1, 0.15) is 11.6 Å². The number of aryl methyl sites for hydroxylation is 1. The van der Waals surface area contributed by atoms with Crippen LogP contribution in [0.25, 0.3) is 0 Å². The first-order valence-electron chi connectivity index (χ1n) is 6.11. The molecule has 0 spiro atoms. The molecular formula is C15H13F2N3. The number of halogens is 2. The molecule has 0 saturated carbocycles. The van der Waals surface area contributed by atoms with E-state index in [0.29, 0.717) is 6.54 Å². The fraction of sp³-hybridized carbons (Fsp3) is 0.200. The second-order valence-electron chi connectivity index (χ2n) is 4.40. The highest BCUT2D eigenvalue weighted by molar-refractivity contribution is 5.34. The molecule has 0 saturated heterocycles. The van der Waals surface area contributed by atoms with Crippen molar-refractivity contribution in [1.82, 2.24) is 10.3 Å². The zero-order valence-corrected chi connectivity index (χ0v) is 11.0. The summed E-state index contributed by atoms with van der Waals surface area (Å²) in [6.45, 7) is 2.34. The molecule has 1 aromatic heterocycles. The van der Waals surface area contributed by atoms with Gasteiger partial charge >= 0.3 is 0 Å². The first-order valence-corrected chi connectivity index (χ1v) is 6.11. The van der Waals surface area contributed by atoms with Crippen molar-refractivity contribution in [3.05, 3.63) is 64.5 Å². The molecular weight excluding hydrogens is 260 g/mol. The normalized spacial score (nSPS) is 10.3. The first kappa shape index (κ1) is 14.1. The maximum atomic E-state index is 13.6. The van der Waals surface area contributed by atoms with Gasteiger partial charge in [0.25, 0.3) is 0 Å². The van der Waals surface area contributed by atoms with Gasteiger partial charge in [0, 0.05) is 24.3 Å². The lowest BCUT2D eigenvalue weighted by molar-refractivity contribution is 0.533. The van der Waals surface area contributed by atoms with Crippen LogP contribution in [-0.4, -0.2) is 4.98 Å². The van der Waals surface area contributed by atoms with Crippen molar-refractivity contribution in [3.63, 3.8) is 0 Å². The fourth-order valence-corrected chi connectivity index (χ4v) is 1.85. The molecule has 1 aromatic carbocycles. The molecule has 0 unspecified atom stereocenters. The SMILES string of the molecule is Cc1cccc(CNCc2c(F)cc(C#N)cc2F)n1. The Hall–Kier alpha value is -2.32. The Bertz CT molecular complexity index is 639. The number of hydrogen-bond acceptors (Lipinski definition) is 3. The summed E-state index contributed by atoms with van der Waals surface area (Å²) in [5.41, 5.74) is 1.60. The van der Waals surface area contributed by atoms with Gasteiger partial charge in [-0.05, 0) is 31.2 Å². The van der Waals surface area contributed by atoms with Crippen molar-refractivity contribution in [2.24, 2.45) is 0 Å². The summed E-state index contributed by atoms with van der Waals surface area (Å²) in [6.07, 6.45) is 0. The number of nitrogens with one attached hydrogen (secondary N) is 1. The highest BCUT2D eigenvalue weighted by atomic mass is 19.1. The third-order valence-corrected chi connectivity index (χ3v) is 2.82. The van der Waals surface area contributed by atoms with Crippen molar-refractivity contribution in [2.75, 3.05) is 0 Å². The van der Waals surface area contributed by atoms with Gasteiger partial charge < -0.3 is 5.32 Å². The molecule has 0 fully saturated rings. The van der Waals surface area contributed by atoms with Gasteiger partial charge in [-0.1, -0.05) is 6.07 Å². The molecule has 0 radical (unpaired) electrons. The molecule has 2 aromatic rings. The Morgan fingerprint density at radius 2 is 1.90 bits per heavy atom. The van der Waals surface area contributed by atoms with Crippen molar-refractivity contribution in [3.8, 4) is 6.07 Å². The smallest absolute Gasteiger partial charge is 0.131 e. The van der Waals surface area contributed by atoms with Crippen LogP contribution in [0.15, 0.2) is 30.3 Å². The first-order chi connectivity index (χ1) is 9.60. The highest BCUT2D eigenvalue weighted by Gasteiger charge is 2.10. The van der Waals surface area contributed by atoms with Crippen LogP contribution in [0.3, 0.4) is 0 Å². The zero-order valence-electron chi connectivity index (χ0n) is 11.0. The topological polar surface area (TPSA) is 48.7 Å². The Kier molecular flexibility index (Phi) is 4.38. The summed E-state index contributed by atoms with van der Waals surface area (Å²) in [6, 6.07) is 9.37. The molecule has 2 rings (SSSR count). The van der Waals surface area contributed by atoms with Gasteiger partial charge in [-0.3, -0.25) is 4.98 Å². The third-order valence-electron chi connectivity index (χ3n) is 2.82. The average Bonchev–Trinajstić information content (AvgIpc) is 2.41. The lowest BCUT2D eigenvalue weighted by Crippen LogP contribution is -2.16. The van der Waals surface area contributed by atoms with E-state index in [9.17, 15) is 8.78 Å². The van der Waals surface area contributed by atoms with E-state index in [0.717, 1.165) is 23.5 Å². The van der Waals surface area contributed by atoms with E-state index in [2.05, 4.69) is 10.3 Å². The molecule has 3 nitrogen and oxygen atoms in total. The minimum absolute atomic E-state index is 0.0240. The Balaban J connectivity index is 2.03. The Morgan fingerprint density at radius 3 is 2.50 bits per heavy atom. The second-order valence-corrected chi connectivity index (χ2v) is 4.40. The highest BCUT2D eigenvalue weighted by Crippen LogP contribution is 2.15. The summed E-state index contributed by atoms with van der Waals surface area (Å²) in [4.78, 5) is 4.28. The van der Waals surface area contributed by atoms with E-state index in [-0.39, 0.29) is 17.7 Å². The van der Waals surface area contributed by atoms with Gasteiger partial charge in [-0.25, -0.2) is 8.78 Å². The summed E-state index contributed by atoms with van der Waals surface area (Å²) >= 11 is 0. The number of nitriles is 1. The van der Waals surface area contributed by atoms with Gasteiger partial charge in [0.05, 0.1) is 17.3 Å². The molecule has 0 aliphatic rings. The molecule has 0 atom stereocenters. The molecule has 20 heavy (non-hydrogen) atoms. The van der Waals surface area contributed by atoms with Crippen LogP contribution in [-0.2, 0) is 13.1 Å². The molecule has 0 aliphatic carbocycles. The minimum Gasteiger partial charge on any atom is -0.307 e. The lowest BCUT2D eigenvalue weighted by atomic mass is 10.1. The van der Waals surface area contributed by atoms with E-state index in [1.807, 2.05) is 25.1 Å². The van der Waals surface area contributed by atoms with Crippen LogP contribution in [0.1, 0.15) is 22.5 Å². The number of pyridine rings is 1. The van der Waals surface area contributed by atoms with E-state index in [1.165, 1.54) is 0 Å². The largest absolute Gasteiger partial charge is 0.307 e. The second kappa shape index (κ2) is 6.22. The molecule has 0 aliphatic heterocycles. The Labute approximate surface area is 115 Å². The summed E-state index contributed by atoms with van der Waals surface area (Å²) in [7, 11) is 0. The average molecular weight is 273 g/mol. The van der Waals surface area contributed by atoms with Crippen LogP contribution < -0.4 is 5.32 Å². The monoisotopic (exact) mass is 273 g/mol. The summed E-state index contributed by atoms with van der Waals surface area (Å²) in [5, 5.41) is 11.6.